The normalized spacial score (nSPS) is 17.5. The quantitative estimate of drug-likeness (QED) is 0.770. The van der Waals surface area contributed by atoms with Crippen LogP contribution in [0.3, 0.4) is 0 Å². The number of amides is 2. The summed E-state index contributed by atoms with van der Waals surface area (Å²) in [4.78, 5) is 12.6. The van der Waals surface area contributed by atoms with Crippen molar-refractivity contribution in [3.05, 3.63) is 71.8 Å². The summed E-state index contributed by atoms with van der Waals surface area (Å²) in [5.74, 6) is 0. The lowest BCUT2D eigenvalue weighted by molar-refractivity contribution is 0.226. The van der Waals surface area contributed by atoms with Gasteiger partial charge in [0.15, 0.2) is 0 Å². The average molecular weight is 337 g/mol. The Balaban J connectivity index is 1.73. The lowest BCUT2D eigenvalue weighted by Crippen LogP contribution is -2.46. The Morgan fingerprint density at radius 1 is 0.880 bits per heavy atom. The van der Waals surface area contributed by atoms with Crippen molar-refractivity contribution in [1.82, 2.24) is 10.6 Å². The summed E-state index contributed by atoms with van der Waals surface area (Å²) in [6, 6.07) is 19.4. The van der Waals surface area contributed by atoms with Gasteiger partial charge in [-0.05, 0) is 24.0 Å². The van der Waals surface area contributed by atoms with Crippen molar-refractivity contribution in [2.75, 3.05) is 0 Å². The van der Waals surface area contributed by atoms with Crippen molar-refractivity contribution in [3.63, 3.8) is 0 Å². The number of benzene rings is 2. The molecule has 0 bridgehead atoms. The van der Waals surface area contributed by atoms with Crippen LogP contribution in [0.1, 0.15) is 55.3 Å². The number of nitrogens with one attached hydrogen (secondary N) is 2. The largest absolute Gasteiger partial charge is 0.335 e. The molecule has 1 saturated carbocycles. The van der Waals surface area contributed by atoms with Crippen molar-refractivity contribution in [2.24, 2.45) is 5.73 Å². The summed E-state index contributed by atoms with van der Waals surface area (Å²) in [6.07, 6.45) is 5.78. The summed E-state index contributed by atoms with van der Waals surface area (Å²) in [5.41, 5.74) is 8.53. The van der Waals surface area contributed by atoms with Crippen molar-refractivity contribution >= 4 is 6.03 Å². The third-order valence-electron chi connectivity index (χ3n) is 4.93. The molecular weight excluding hydrogens is 310 g/mol. The molecule has 0 aromatic heterocycles. The Morgan fingerprint density at radius 3 is 2.04 bits per heavy atom. The fourth-order valence-electron chi connectivity index (χ4n) is 3.52. The Hall–Kier alpha value is -2.33. The Kier molecular flexibility index (Phi) is 6.07. The average Bonchev–Trinajstić information content (AvgIpc) is 2.68. The number of rotatable bonds is 5. The Labute approximate surface area is 149 Å². The number of carbonyl (C=O) groups excluding carboxylic acids is 1. The fourth-order valence-corrected chi connectivity index (χ4v) is 3.52. The highest BCUT2D eigenvalue weighted by Crippen LogP contribution is 2.27. The molecule has 2 amide bonds. The summed E-state index contributed by atoms with van der Waals surface area (Å²) in [7, 11) is 0. The number of hydrogen-bond acceptors (Lipinski definition) is 2. The van der Waals surface area contributed by atoms with Crippen LogP contribution in [-0.4, -0.2) is 12.1 Å². The van der Waals surface area contributed by atoms with E-state index in [1.165, 1.54) is 19.3 Å². The molecule has 0 saturated heterocycles. The summed E-state index contributed by atoms with van der Waals surface area (Å²) in [6.45, 7) is 0. The van der Waals surface area contributed by atoms with Crippen LogP contribution in [0, 0.1) is 0 Å². The predicted octanol–water partition coefficient (Wildman–Crippen LogP) is 4.06. The van der Waals surface area contributed by atoms with Gasteiger partial charge in [0.2, 0.25) is 0 Å². The molecule has 0 spiro atoms. The van der Waals surface area contributed by atoms with Gasteiger partial charge in [-0.1, -0.05) is 79.9 Å². The molecule has 1 aliphatic carbocycles. The van der Waals surface area contributed by atoms with Crippen LogP contribution >= 0.6 is 0 Å². The first-order valence-corrected chi connectivity index (χ1v) is 9.16. The summed E-state index contributed by atoms with van der Waals surface area (Å²) >= 11 is 0. The van der Waals surface area contributed by atoms with Gasteiger partial charge >= 0.3 is 6.03 Å². The molecule has 2 aromatic carbocycles. The molecule has 4 nitrogen and oxygen atoms in total. The molecule has 4 N–H and O–H groups in total. The number of hydrogen-bond donors (Lipinski definition) is 3. The van der Waals surface area contributed by atoms with E-state index in [0.717, 1.165) is 24.0 Å². The molecule has 132 valence electrons. The lowest BCUT2D eigenvalue weighted by Gasteiger charge is -2.28. The minimum absolute atomic E-state index is 0.132. The number of carbonyl (C=O) groups is 1. The second kappa shape index (κ2) is 8.67. The van der Waals surface area contributed by atoms with E-state index in [2.05, 4.69) is 10.6 Å². The molecule has 0 radical (unpaired) electrons. The molecule has 3 rings (SSSR count). The maximum atomic E-state index is 12.6. The smallest absolute Gasteiger partial charge is 0.315 e. The standard InChI is InChI=1S/C21H27N3O/c22-19(16-10-4-1-5-11-16)20(17-12-6-2-7-13-17)24-21(25)23-18-14-8-3-9-15-18/h1-2,4-7,10-13,18-20H,3,8-9,14-15,22H2,(H2,23,24,25). The highest BCUT2D eigenvalue weighted by atomic mass is 16.2. The summed E-state index contributed by atoms with van der Waals surface area (Å²) in [5, 5.41) is 6.22. The lowest BCUT2D eigenvalue weighted by atomic mass is 9.94. The van der Waals surface area contributed by atoms with E-state index in [9.17, 15) is 4.79 Å². The number of urea groups is 1. The van der Waals surface area contributed by atoms with Crippen LogP contribution < -0.4 is 16.4 Å². The van der Waals surface area contributed by atoms with Crippen LogP contribution in [-0.2, 0) is 0 Å². The maximum absolute atomic E-state index is 12.6. The van der Waals surface area contributed by atoms with Crippen molar-refractivity contribution in [3.8, 4) is 0 Å². The van der Waals surface area contributed by atoms with E-state index >= 15 is 0 Å². The van der Waals surface area contributed by atoms with Gasteiger partial charge < -0.3 is 16.4 Å². The van der Waals surface area contributed by atoms with Crippen LogP contribution in [0.5, 0.6) is 0 Å². The van der Waals surface area contributed by atoms with E-state index in [1.54, 1.807) is 0 Å². The molecule has 2 unspecified atom stereocenters. The van der Waals surface area contributed by atoms with Gasteiger partial charge in [0.1, 0.15) is 0 Å². The molecule has 2 atom stereocenters. The molecular formula is C21H27N3O. The van der Waals surface area contributed by atoms with Gasteiger partial charge in [0, 0.05) is 6.04 Å². The molecule has 1 fully saturated rings. The van der Waals surface area contributed by atoms with E-state index in [-0.39, 0.29) is 24.2 Å². The van der Waals surface area contributed by atoms with Crippen LogP contribution in [0.2, 0.25) is 0 Å². The third-order valence-corrected chi connectivity index (χ3v) is 4.93. The fraction of sp³-hybridized carbons (Fsp3) is 0.381. The molecule has 0 heterocycles. The highest BCUT2D eigenvalue weighted by Gasteiger charge is 2.24. The third kappa shape index (κ3) is 4.83. The van der Waals surface area contributed by atoms with Gasteiger partial charge in [-0.25, -0.2) is 4.79 Å². The molecule has 25 heavy (non-hydrogen) atoms. The maximum Gasteiger partial charge on any atom is 0.315 e. The van der Waals surface area contributed by atoms with E-state index in [0.29, 0.717) is 0 Å². The molecule has 4 heteroatoms. The van der Waals surface area contributed by atoms with Gasteiger partial charge in [-0.15, -0.1) is 0 Å². The zero-order chi connectivity index (χ0) is 17.5. The molecule has 2 aromatic rings. The second-order valence-electron chi connectivity index (χ2n) is 6.78. The van der Waals surface area contributed by atoms with Crippen LogP contribution in [0.15, 0.2) is 60.7 Å². The van der Waals surface area contributed by atoms with Gasteiger partial charge in [-0.3, -0.25) is 0 Å². The van der Waals surface area contributed by atoms with Gasteiger partial charge in [0.05, 0.1) is 12.1 Å². The second-order valence-corrected chi connectivity index (χ2v) is 6.78. The van der Waals surface area contributed by atoms with E-state index in [4.69, 9.17) is 5.73 Å². The predicted molar refractivity (Wildman–Crippen MR) is 101 cm³/mol. The Morgan fingerprint density at radius 2 is 1.44 bits per heavy atom. The topological polar surface area (TPSA) is 67.1 Å². The van der Waals surface area contributed by atoms with Crippen molar-refractivity contribution in [1.29, 1.82) is 0 Å². The first-order chi connectivity index (χ1) is 12.2. The molecule has 0 aliphatic heterocycles. The summed E-state index contributed by atoms with van der Waals surface area (Å²) < 4.78 is 0. The van der Waals surface area contributed by atoms with E-state index < -0.39 is 0 Å². The first-order valence-electron chi connectivity index (χ1n) is 9.16. The van der Waals surface area contributed by atoms with Gasteiger partial charge in [0.25, 0.3) is 0 Å². The van der Waals surface area contributed by atoms with Gasteiger partial charge in [-0.2, -0.15) is 0 Å². The van der Waals surface area contributed by atoms with Crippen molar-refractivity contribution in [2.45, 2.75) is 50.2 Å². The number of nitrogens with two attached hydrogens (primary N) is 1. The minimum Gasteiger partial charge on any atom is -0.335 e. The van der Waals surface area contributed by atoms with Crippen LogP contribution in [0.25, 0.3) is 0 Å². The minimum atomic E-state index is -0.305. The first kappa shape index (κ1) is 17.5. The zero-order valence-corrected chi connectivity index (χ0v) is 14.5. The van der Waals surface area contributed by atoms with E-state index in [1.807, 2.05) is 60.7 Å². The zero-order valence-electron chi connectivity index (χ0n) is 14.5. The highest BCUT2D eigenvalue weighted by molar-refractivity contribution is 5.75. The van der Waals surface area contributed by atoms with Crippen LogP contribution in [0.4, 0.5) is 4.79 Å². The SMILES string of the molecule is NC(c1ccccc1)C(NC(=O)NC1CCCCC1)c1ccccc1. The van der Waals surface area contributed by atoms with Crippen molar-refractivity contribution < 1.29 is 4.79 Å². The molecule has 1 aliphatic rings. The monoisotopic (exact) mass is 337 g/mol. The Bertz CT molecular complexity index is 653.